The van der Waals surface area contributed by atoms with E-state index in [1.54, 1.807) is 6.42 Å². The van der Waals surface area contributed by atoms with E-state index >= 15 is 0 Å². The maximum absolute atomic E-state index is 6.45. The minimum Gasteiger partial charge on any atom is -0.329 e. The SMILES string of the molecule is CCC1CCN(C2(CN)C3CC4CC(C3)CC2C4)CC1. The molecule has 20 heavy (non-hydrogen) atoms. The highest BCUT2D eigenvalue weighted by Gasteiger charge is 2.58. The lowest BCUT2D eigenvalue weighted by atomic mass is 9.48. The van der Waals surface area contributed by atoms with E-state index in [1.165, 1.54) is 58.0 Å². The van der Waals surface area contributed by atoms with E-state index < -0.39 is 0 Å². The summed E-state index contributed by atoms with van der Waals surface area (Å²) in [6.07, 6.45) is 11.8. The zero-order valence-electron chi connectivity index (χ0n) is 13.2. The van der Waals surface area contributed by atoms with Crippen LogP contribution in [-0.2, 0) is 0 Å². The molecule has 0 atom stereocenters. The van der Waals surface area contributed by atoms with Crippen molar-refractivity contribution < 1.29 is 0 Å². The van der Waals surface area contributed by atoms with Gasteiger partial charge in [0.2, 0.25) is 0 Å². The molecule has 0 spiro atoms. The maximum atomic E-state index is 6.45. The summed E-state index contributed by atoms with van der Waals surface area (Å²) in [6.45, 7) is 5.95. The van der Waals surface area contributed by atoms with Crippen LogP contribution < -0.4 is 5.73 Å². The monoisotopic (exact) mass is 276 g/mol. The van der Waals surface area contributed by atoms with Crippen molar-refractivity contribution in [2.45, 2.75) is 63.8 Å². The topological polar surface area (TPSA) is 29.3 Å². The Morgan fingerprint density at radius 2 is 1.50 bits per heavy atom. The van der Waals surface area contributed by atoms with Crippen molar-refractivity contribution in [2.24, 2.45) is 35.3 Å². The standard InChI is InChI=1S/C18H32N2/c1-2-13-3-5-20(6-4-13)18(12-19)16-8-14-7-15(10-16)11-17(18)9-14/h13-17H,2-12,19H2,1H3. The molecule has 4 aliphatic carbocycles. The molecule has 0 aromatic carbocycles. The van der Waals surface area contributed by atoms with Gasteiger partial charge in [-0.1, -0.05) is 13.3 Å². The number of nitrogens with two attached hydrogens (primary N) is 1. The molecule has 0 aromatic rings. The third kappa shape index (κ3) is 1.83. The molecule has 114 valence electrons. The molecule has 1 heterocycles. The normalized spacial score (nSPS) is 48.9. The van der Waals surface area contributed by atoms with Gasteiger partial charge >= 0.3 is 0 Å². The Morgan fingerprint density at radius 1 is 0.950 bits per heavy atom. The molecule has 0 amide bonds. The molecule has 4 saturated carbocycles. The molecular formula is C18H32N2. The first kappa shape index (κ1) is 13.6. The average Bonchev–Trinajstić information content (AvgIpc) is 2.48. The van der Waals surface area contributed by atoms with Gasteiger partial charge in [0.05, 0.1) is 0 Å². The summed E-state index contributed by atoms with van der Waals surface area (Å²) in [4.78, 5) is 2.88. The van der Waals surface area contributed by atoms with Crippen molar-refractivity contribution in [1.82, 2.24) is 4.90 Å². The molecule has 0 unspecified atom stereocenters. The molecule has 2 N–H and O–H groups in total. The lowest BCUT2D eigenvalue weighted by Crippen LogP contribution is -2.70. The summed E-state index contributed by atoms with van der Waals surface area (Å²) < 4.78 is 0. The van der Waals surface area contributed by atoms with Crippen LogP contribution >= 0.6 is 0 Å². The summed E-state index contributed by atoms with van der Waals surface area (Å²) in [5.74, 6) is 4.97. The number of hydrogen-bond donors (Lipinski definition) is 1. The Morgan fingerprint density at radius 3 is 1.95 bits per heavy atom. The Bertz CT molecular complexity index is 328. The van der Waals surface area contributed by atoms with Gasteiger partial charge in [-0.3, -0.25) is 4.90 Å². The highest BCUT2D eigenvalue weighted by Crippen LogP contribution is 2.60. The zero-order valence-corrected chi connectivity index (χ0v) is 13.2. The van der Waals surface area contributed by atoms with E-state index in [9.17, 15) is 0 Å². The average molecular weight is 276 g/mol. The van der Waals surface area contributed by atoms with Crippen molar-refractivity contribution in [3.8, 4) is 0 Å². The van der Waals surface area contributed by atoms with E-state index in [1.807, 2.05) is 0 Å². The van der Waals surface area contributed by atoms with Crippen LogP contribution in [0.1, 0.15) is 58.3 Å². The van der Waals surface area contributed by atoms with Crippen LogP contribution in [0.3, 0.4) is 0 Å². The minimum absolute atomic E-state index is 0.409. The summed E-state index contributed by atoms with van der Waals surface area (Å²) in [6, 6.07) is 0. The van der Waals surface area contributed by atoms with Crippen LogP contribution in [0, 0.1) is 29.6 Å². The van der Waals surface area contributed by atoms with Crippen LogP contribution in [0.4, 0.5) is 0 Å². The third-order valence-corrected chi connectivity index (χ3v) is 7.66. The molecule has 5 fully saturated rings. The first-order chi connectivity index (χ1) is 9.76. The predicted octanol–water partition coefficient (Wildman–Crippen LogP) is 3.26. The number of piperidine rings is 1. The molecule has 2 nitrogen and oxygen atoms in total. The van der Waals surface area contributed by atoms with Crippen molar-refractivity contribution >= 4 is 0 Å². The van der Waals surface area contributed by atoms with Crippen LogP contribution in [0.2, 0.25) is 0 Å². The largest absolute Gasteiger partial charge is 0.329 e. The van der Waals surface area contributed by atoms with Crippen molar-refractivity contribution in [2.75, 3.05) is 19.6 Å². The van der Waals surface area contributed by atoms with Gasteiger partial charge in [-0.05, 0) is 87.6 Å². The first-order valence-corrected chi connectivity index (χ1v) is 9.21. The first-order valence-electron chi connectivity index (χ1n) is 9.21. The van der Waals surface area contributed by atoms with Crippen LogP contribution in [-0.4, -0.2) is 30.1 Å². The lowest BCUT2D eigenvalue weighted by molar-refractivity contribution is -0.138. The minimum atomic E-state index is 0.409. The van der Waals surface area contributed by atoms with Crippen molar-refractivity contribution in [1.29, 1.82) is 0 Å². The van der Waals surface area contributed by atoms with Crippen molar-refractivity contribution in [3.05, 3.63) is 0 Å². The van der Waals surface area contributed by atoms with Gasteiger partial charge in [-0.15, -0.1) is 0 Å². The van der Waals surface area contributed by atoms with E-state index in [-0.39, 0.29) is 0 Å². The van der Waals surface area contributed by atoms with Gasteiger partial charge in [0.1, 0.15) is 0 Å². The number of likely N-dealkylation sites (tertiary alicyclic amines) is 1. The second kappa shape index (κ2) is 4.98. The van der Waals surface area contributed by atoms with Gasteiger partial charge in [-0.2, -0.15) is 0 Å². The van der Waals surface area contributed by atoms with Crippen molar-refractivity contribution in [3.63, 3.8) is 0 Å². The summed E-state index contributed by atoms with van der Waals surface area (Å²) in [5, 5.41) is 0. The van der Waals surface area contributed by atoms with Crippen LogP contribution in [0.15, 0.2) is 0 Å². The molecule has 5 aliphatic rings. The molecular weight excluding hydrogens is 244 g/mol. The summed E-state index contributed by atoms with van der Waals surface area (Å²) in [7, 11) is 0. The lowest BCUT2D eigenvalue weighted by Gasteiger charge is -2.65. The molecule has 0 radical (unpaired) electrons. The van der Waals surface area contributed by atoms with E-state index in [0.29, 0.717) is 5.54 Å². The fourth-order valence-electron chi connectivity index (χ4n) is 6.74. The highest BCUT2D eigenvalue weighted by atomic mass is 15.2. The van der Waals surface area contributed by atoms with E-state index in [4.69, 9.17) is 5.73 Å². The molecule has 2 heteroatoms. The molecule has 0 aromatic heterocycles. The van der Waals surface area contributed by atoms with Crippen LogP contribution in [0.5, 0.6) is 0 Å². The highest BCUT2D eigenvalue weighted by molar-refractivity contribution is 5.13. The van der Waals surface area contributed by atoms with E-state index in [2.05, 4.69) is 11.8 Å². The Hall–Kier alpha value is -0.0800. The number of nitrogens with zero attached hydrogens (tertiary/aromatic N) is 1. The third-order valence-electron chi connectivity index (χ3n) is 7.66. The summed E-state index contributed by atoms with van der Waals surface area (Å²) >= 11 is 0. The number of rotatable bonds is 3. The molecule has 1 aliphatic heterocycles. The van der Waals surface area contributed by atoms with Gasteiger partial charge in [0.15, 0.2) is 0 Å². The molecule has 4 bridgehead atoms. The Labute approximate surface area is 124 Å². The van der Waals surface area contributed by atoms with Gasteiger partial charge in [-0.25, -0.2) is 0 Å². The Balaban J connectivity index is 1.57. The maximum Gasteiger partial charge on any atom is 0.0388 e. The van der Waals surface area contributed by atoms with E-state index in [0.717, 1.165) is 36.1 Å². The second-order valence-electron chi connectivity index (χ2n) is 8.34. The second-order valence-corrected chi connectivity index (χ2v) is 8.34. The fourth-order valence-corrected chi connectivity index (χ4v) is 6.74. The van der Waals surface area contributed by atoms with Crippen LogP contribution in [0.25, 0.3) is 0 Å². The summed E-state index contributed by atoms with van der Waals surface area (Å²) in [5.41, 5.74) is 6.85. The quantitative estimate of drug-likeness (QED) is 0.857. The molecule has 5 rings (SSSR count). The van der Waals surface area contributed by atoms with Gasteiger partial charge in [0.25, 0.3) is 0 Å². The van der Waals surface area contributed by atoms with Gasteiger partial charge in [0, 0.05) is 12.1 Å². The zero-order chi connectivity index (χ0) is 13.7. The predicted molar refractivity (Wildman–Crippen MR) is 83.4 cm³/mol. The smallest absolute Gasteiger partial charge is 0.0388 e. The Kier molecular flexibility index (Phi) is 3.38. The van der Waals surface area contributed by atoms with Gasteiger partial charge < -0.3 is 5.73 Å². The molecule has 1 saturated heterocycles. The number of hydrogen-bond acceptors (Lipinski definition) is 2. The fraction of sp³-hybridized carbons (Fsp3) is 1.00.